The molecule has 11 heteroatoms. The van der Waals surface area contributed by atoms with Crippen LogP contribution in [-0.2, 0) is 10.5 Å². The molecule has 1 atom stereocenters. The van der Waals surface area contributed by atoms with Gasteiger partial charge < -0.3 is 9.52 Å². The van der Waals surface area contributed by atoms with Crippen LogP contribution >= 0.6 is 23.1 Å². The number of anilines is 1. The molecular weight excluding hydrogens is 491 g/mol. The van der Waals surface area contributed by atoms with E-state index in [2.05, 4.69) is 15.2 Å². The molecule has 4 aromatic rings. The molecule has 3 aromatic heterocycles. The highest BCUT2D eigenvalue weighted by molar-refractivity contribution is 8.00. The van der Waals surface area contributed by atoms with Gasteiger partial charge in [-0.2, -0.15) is 0 Å². The van der Waals surface area contributed by atoms with E-state index in [-0.39, 0.29) is 22.3 Å². The summed E-state index contributed by atoms with van der Waals surface area (Å²) in [5.41, 5.74) is 0.890. The van der Waals surface area contributed by atoms with E-state index >= 15 is 0 Å². The monoisotopic (exact) mass is 508 g/mol. The zero-order valence-corrected chi connectivity index (χ0v) is 19.8. The number of ketones is 1. The van der Waals surface area contributed by atoms with Crippen molar-refractivity contribution in [3.63, 3.8) is 0 Å². The van der Waals surface area contributed by atoms with Crippen molar-refractivity contribution < 1.29 is 23.5 Å². The molecule has 8 nitrogen and oxygen atoms in total. The minimum absolute atomic E-state index is 0.00554. The van der Waals surface area contributed by atoms with E-state index in [4.69, 9.17) is 4.42 Å². The standard InChI is InChI=1S/C24H17FN4O4S2/c1-13-8-9-17(33-13)20(30)18-19(14-6-4-10-26-11-14)29(22(32)21(18)31)23-27-28-24(35-23)34-12-15-5-2-3-7-16(15)25/h2-11,19,31H,12H2,1H3/t19-/m0/s1. The van der Waals surface area contributed by atoms with Gasteiger partial charge in [-0.3, -0.25) is 19.5 Å². The third-order valence-corrected chi connectivity index (χ3v) is 7.43. The lowest BCUT2D eigenvalue weighted by atomic mass is 9.96. The molecule has 0 unspecified atom stereocenters. The molecule has 0 spiro atoms. The number of halogens is 1. The highest BCUT2D eigenvalue weighted by atomic mass is 32.2. The number of aromatic nitrogens is 3. The number of pyridine rings is 1. The normalized spacial score (nSPS) is 15.8. The molecule has 0 aliphatic carbocycles. The van der Waals surface area contributed by atoms with Crippen LogP contribution in [0.25, 0.3) is 0 Å². The number of carbonyl (C=O) groups is 2. The summed E-state index contributed by atoms with van der Waals surface area (Å²) in [5.74, 6) is -1.55. The third kappa shape index (κ3) is 4.35. The fraction of sp³-hybridized carbons (Fsp3) is 0.125. The van der Waals surface area contributed by atoms with Gasteiger partial charge in [-0.15, -0.1) is 10.2 Å². The van der Waals surface area contributed by atoms with Crippen molar-refractivity contribution in [1.82, 2.24) is 15.2 Å². The molecule has 5 rings (SSSR count). The van der Waals surface area contributed by atoms with Crippen molar-refractivity contribution in [2.45, 2.75) is 23.1 Å². The summed E-state index contributed by atoms with van der Waals surface area (Å²) < 4.78 is 19.9. The topological polar surface area (TPSA) is 109 Å². The maximum atomic E-state index is 14.0. The molecule has 0 radical (unpaired) electrons. The molecular formula is C24H17FN4O4S2. The van der Waals surface area contributed by atoms with Crippen molar-refractivity contribution >= 4 is 39.9 Å². The van der Waals surface area contributed by atoms with E-state index in [9.17, 15) is 19.1 Å². The molecule has 0 saturated carbocycles. The third-order valence-electron chi connectivity index (χ3n) is 5.33. The Bertz CT molecular complexity index is 1450. The first kappa shape index (κ1) is 22.9. The lowest BCUT2D eigenvalue weighted by molar-refractivity contribution is -0.117. The fourth-order valence-electron chi connectivity index (χ4n) is 3.69. The number of hydrogen-bond acceptors (Lipinski definition) is 9. The molecule has 1 N–H and O–H groups in total. The number of carbonyl (C=O) groups excluding carboxylic acids is 2. The molecule has 1 amide bonds. The minimum Gasteiger partial charge on any atom is -0.503 e. The van der Waals surface area contributed by atoms with Crippen LogP contribution < -0.4 is 4.90 Å². The van der Waals surface area contributed by atoms with Crippen molar-refractivity contribution in [3.8, 4) is 0 Å². The van der Waals surface area contributed by atoms with Gasteiger partial charge in [0.25, 0.3) is 5.91 Å². The number of nitrogens with zero attached hydrogens (tertiary/aromatic N) is 4. The quantitative estimate of drug-likeness (QED) is 0.210. The van der Waals surface area contributed by atoms with E-state index in [0.29, 0.717) is 27.0 Å². The molecule has 1 aliphatic rings. The highest BCUT2D eigenvalue weighted by Crippen LogP contribution is 2.43. The maximum absolute atomic E-state index is 14.0. The second kappa shape index (κ2) is 9.43. The van der Waals surface area contributed by atoms with Gasteiger partial charge in [-0.25, -0.2) is 4.39 Å². The van der Waals surface area contributed by atoms with Gasteiger partial charge in [0.2, 0.25) is 10.9 Å². The van der Waals surface area contributed by atoms with E-state index < -0.39 is 23.5 Å². The van der Waals surface area contributed by atoms with Gasteiger partial charge >= 0.3 is 0 Å². The molecule has 4 heterocycles. The summed E-state index contributed by atoms with van der Waals surface area (Å²) in [6, 6.07) is 11.9. The summed E-state index contributed by atoms with van der Waals surface area (Å²) >= 11 is 2.37. The fourth-order valence-corrected chi connectivity index (χ4v) is 5.54. The Morgan fingerprint density at radius 2 is 2.03 bits per heavy atom. The van der Waals surface area contributed by atoms with Crippen LogP contribution in [0.15, 0.2) is 81.0 Å². The van der Waals surface area contributed by atoms with Crippen LogP contribution in [-0.4, -0.2) is 32.0 Å². The second-order valence-corrected chi connectivity index (χ2v) is 9.77. The average Bonchev–Trinajstić information content (AvgIpc) is 3.57. The Balaban J connectivity index is 1.48. The van der Waals surface area contributed by atoms with Crippen LogP contribution in [0.1, 0.15) is 33.5 Å². The smallest absolute Gasteiger partial charge is 0.296 e. The van der Waals surface area contributed by atoms with Crippen molar-refractivity contribution in [2.24, 2.45) is 0 Å². The molecule has 0 bridgehead atoms. The highest BCUT2D eigenvalue weighted by Gasteiger charge is 2.46. The van der Waals surface area contributed by atoms with Gasteiger partial charge in [0, 0.05) is 18.1 Å². The van der Waals surface area contributed by atoms with Crippen LogP contribution in [0.3, 0.4) is 0 Å². The zero-order chi connectivity index (χ0) is 24.5. The first-order chi connectivity index (χ1) is 16.9. The molecule has 176 valence electrons. The predicted molar refractivity (Wildman–Crippen MR) is 128 cm³/mol. The Labute approximate surface area is 207 Å². The molecule has 1 aliphatic heterocycles. The van der Waals surface area contributed by atoms with E-state index in [1.165, 1.54) is 35.0 Å². The zero-order valence-electron chi connectivity index (χ0n) is 18.2. The number of hydrogen-bond donors (Lipinski definition) is 1. The number of aryl methyl sites for hydroxylation is 1. The van der Waals surface area contributed by atoms with E-state index in [0.717, 1.165) is 11.3 Å². The number of aliphatic hydroxyl groups is 1. The molecule has 0 fully saturated rings. The summed E-state index contributed by atoms with van der Waals surface area (Å²) in [5, 5.41) is 19.2. The number of Topliss-reactive ketones (excluding diaryl/α,β-unsaturated/α-hetero) is 1. The number of aliphatic hydroxyl groups excluding tert-OH is 1. The summed E-state index contributed by atoms with van der Waals surface area (Å²) in [7, 11) is 0. The molecule has 1 aromatic carbocycles. The molecule has 0 saturated heterocycles. The lowest BCUT2D eigenvalue weighted by Gasteiger charge is -2.23. The first-order valence-corrected chi connectivity index (χ1v) is 12.2. The van der Waals surface area contributed by atoms with E-state index in [1.807, 2.05) is 0 Å². The van der Waals surface area contributed by atoms with Crippen LogP contribution in [0.4, 0.5) is 9.52 Å². The minimum atomic E-state index is -0.980. The Hall–Kier alpha value is -3.83. The van der Waals surface area contributed by atoms with Crippen LogP contribution in [0.5, 0.6) is 0 Å². The van der Waals surface area contributed by atoms with Gasteiger partial charge in [0.1, 0.15) is 11.6 Å². The Morgan fingerprint density at radius 1 is 1.20 bits per heavy atom. The first-order valence-electron chi connectivity index (χ1n) is 10.4. The van der Waals surface area contributed by atoms with Crippen LogP contribution in [0.2, 0.25) is 0 Å². The van der Waals surface area contributed by atoms with Crippen molar-refractivity contribution in [1.29, 1.82) is 0 Å². The summed E-state index contributed by atoms with van der Waals surface area (Å²) in [6.45, 7) is 1.69. The van der Waals surface area contributed by atoms with E-state index in [1.54, 1.807) is 49.5 Å². The van der Waals surface area contributed by atoms with Crippen molar-refractivity contribution in [2.75, 3.05) is 4.90 Å². The number of amides is 1. The summed E-state index contributed by atoms with van der Waals surface area (Å²) in [4.78, 5) is 31.8. The van der Waals surface area contributed by atoms with Crippen molar-refractivity contribution in [3.05, 3.63) is 101 Å². The lowest BCUT2D eigenvalue weighted by Crippen LogP contribution is -2.31. The average molecular weight is 509 g/mol. The number of rotatable bonds is 7. The van der Waals surface area contributed by atoms with Gasteiger partial charge in [-0.05, 0) is 42.3 Å². The van der Waals surface area contributed by atoms with Gasteiger partial charge in [0.05, 0.1) is 11.6 Å². The summed E-state index contributed by atoms with van der Waals surface area (Å²) in [6.07, 6.45) is 3.08. The van der Waals surface area contributed by atoms with Gasteiger partial charge in [0.15, 0.2) is 15.9 Å². The largest absolute Gasteiger partial charge is 0.503 e. The SMILES string of the molecule is Cc1ccc(C(=O)C2=C(O)C(=O)N(c3nnc(SCc4ccccc4F)s3)[C@H]2c2cccnc2)o1. The number of thioether (sulfide) groups is 1. The number of furan rings is 1. The predicted octanol–water partition coefficient (Wildman–Crippen LogP) is 5.05. The Morgan fingerprint density at radius 3 is 2.74 bits per heavy atom. The van der Waals surface area contributed by atoms with Crippen LogP contribution in [0, 0.1) is 12.7 Å². The maximum Gasteiger partial charge on any atom is 0.296 e. The Kier molecular flexibility index (Phi) is 6.18. The number of benzene rings is 1. The van der Waals surface area contributed by atoms with Gasteiger partial charge in [-0.1, -0.05) is 47.4 Å². The second-order valence-electron chi connectivity index (χ2n) is 7.60. The molecule has 35 heavy (non-hydrogen) atoms.